The molecule has 0 amide bonds. The Kier molecular flexibility index (Phi) is 8.67. The monoisotopic (exact) mass is 1010 g/mol. The van der Waals surface area contributed by atoms with E-state index < -0.39 is 6.85 Å². The molecule has 0 spiro atoms. The Hall–Kier alpha value is -7.33. The van der Waals surface area contributed by atoms with Gasteiger partial charge >= 0.3 is 289 Å². The number of pyridine rings is 1. The van der Waals surface area contributed by atoms with Crippen LogP contribution in [0.4, 0.5) is 0 Å². The van der Waals surface area contributed by atoms with Crippen molar-refractivity contribution in [1.29, 1.82) is 0 Å². The number of imidazole rings is 1. The Morgan fingerprint density at radius 3 is 1.84 bits per heavy atom. The first-order valence-corrected chi connectivity index (χ1v) is 22.8. The number of rotatable bonds is 8. The van der Waals surface area contributed by atoms with E-state index in [1.807, 2.05) is 59.2 Å². The molecule has 6 heteroatoms. The summed E-state index contributed by atoms with van der Waals surface area (Å²) in [5.41, 5.74) is 14.2. The van der Waals surface area contributed by atoms with Crippen molar-refractivity contribution in [3.63, 3.8) is 0 Å². The van der Waals surface area contributed by atoms with Gasteiger partial charge in [-0.3, -0.25) is 0 Å². The largest absolute Gasteiger partial charge is 0.238 e. The molecule has 0 aliphatic heterocycles. The maximum Gasteiger partial charge on any atom is 0.0374 e. The second-order valence-corrected chi connectivity index (χ2v) is 17.4. The third-order valence-electron chi connectivity index (χ3n) is 12.7. The van der Waals surface area contributed by atoms with Gasteiger partial charge in [-0.15, -0.1) is 0 Å². The van der Waals surface area contributed by atoms with Crippen molar-refractivity contribution in [3.05, 3.63) is 227 Å². The van der Waals surface area contributed by atoms with Gasteiger partial charge in [0.05, 0.1) is 0 Å². The van der Waals surface area contributed by atoms with E-state index in [-0.39, 0.29) is 11.6 Å². The zero-order chi connectivity index (χ0) is 45.2. The van der Waals surface area contributed by atoms with Gasteiger partial charge in [0, 0.05) is 15.9 Å². The Bertz CT molecular complexity index is 3690. The van der Waals surface area contributed by atoms with Crippen LogP contribution in [0.2, 0.25) is 0 Å². The Labute approximate surface area is 386 Å². The second-order valence-electron chi connectivity index (χ2n) is 16.4. The number of aromatic nitrogens is 4. The predicted octanol–water partition coefficient (Wildman–Crippen LogP) is 14.6. The molecule has 0 fully saturated rings. The van der Waals surface area contributed by atoms with E-state index in [2.05, 4.69) is 168 Å². The number of aryl methyl sites for hydroxylation is 2. The van der Waals surface area contributed by atoms with Gasteiger partial charge in [0.2, 0.25) is 0 Å². The molecule has 1 aliphatic rings. The maximum absolute atomic E-state index is 8.54. The standard InChI is InChI=1S/C58H42N4O.Pt/c1-39-34-57(59-37-51(39)42-20-9-4-10-21-42)62-53-25-12-11-22-48(53)49-32-31-45(36-56(49)62)63-44-30-28-43-29-33-52(50(43)35-44)60-38-61(55-27-14-13-26-54(55)60)58-46(40-16-5-2-6-17-40)23-15-24-47(58)41-18-7-3-8-19-41;/h2-28,30-32,34-37,52H,29,33H2,1H3;/i1D3;. The molecule has 0 bridgehead atoms. The third kappa shape index (κ3) is 6.42. The van der Waals surface area contributed by atoms with Gasteiger partial charge in [-0.2, -0.15) is 0 Å². The van der Waals surface area contributed by atoms with Crippen LogP contribution in [0.15, 0.2) is 206 Å². The first kappa shape index (κ1) is 35.2. The number of fused-ring (bicyclic) bond motifs is 5. The predicted molar refractivity (Wildman–Crippen MR) is 257 cm³/mol. The van der Waals surface area contributed by atoms with Crippen LogP contribution >= 0.6 is 0 Å². The first-order chi connectivity index (χ1) is 32.8. The fraction of sp³-hybridized carbons (Fsp3) is 0.0690. The van der Waals surface area contributed by atoms with Gasteiger partial charge in [0.15, 0.2) is 0 Å². The molecule has 0 radical (unpaired) electrons. The molecule has 0 saturated carbocycles. The Balaban J connectivity index is 0.959. The summed E-state index contributed by atoms with van der Waals surface area (Å²) in [5, 5.41) is 2.06. The number of nitrogens with zero attached hydrogens (tertiary/aromatic N) is 4. The minimum absolute atomic E-state index is 0.0728. The summed E-state index contributed by atoms with van der Waals surface area (Å²) in [6.07, 6.45) is 3.61. The molecule has 1 aliphatic carbocycles. The maximum atomic E-state index is 8.54. The van der Waals surface area contributed by atoms with Crippen LogP contribution < -0.4 is 4.74 Å². The second kappa shape index (κ2) is 15.8. The fourth-order valence-electron chi connectivity index (χ4n) is 9.83. The summed E-state index contributed by atoms with van der Waals surface area (Å²) in [4.78, 5) is 4.92. The molecular formula is C58H42N4OPt. The summed E-state index contributed by atoms with van der Waals surface area (Å²) in [6.45, 7) is -2.36. The van der Waals surface area contributed by atoms with E-state index in [0.29, 0.717) is 17.1 Å². The normalized spacial score (nSPS) is 14.4. The van der Waals surface area contributed by atoms with Crippen LogP contribution in [0.3, 0.4) is 0 Å². The molecule has 0 saturated heterocycles. The van der Waals surface area contributed by atoms with E-state index in [1.165, 1.54) is 38.9 Å². The molecule has 0 N–H and O–H groups in total. The van der Waals surface area contributed by atoms with E-state index >= 15 is 0 Å². The number of hydrogen-bond donors (Lipinski definition) is 0. The number of para-hydroxylation sites is 4. The van der Waals surface area contributed by atoms with Crippen LogP contribution in [0, 0.1) is 10.7 Å². The summed E-state index contributed by atoms with van der Waals surface area (Å²) >= 11 is 2.55. The molecule has 5 nitrogen and oxygen atoms in total. The smallest absolute Gasteiger partial charge is 0.0374 e. The van der Waals surface area contributed by atoms with Gasteiger partial charge < -0.3 is 0 Å². The zero-order valence-corrected chi connectivity index (χ0v) is 36.9. The molecule has 12 rings (SSSR count). The Morgan fingerprint density at radius 1 is 0.547 bits per heavy atom. The molecule has 11 aromatic rings. The van der Waals surface area contributed by atoms with Crippen LogP contribution in [0.25, 0.3) is 77.7 Å². The third-order valence-corrected chi connectivity index (χ3v) is 13.8. The fourth-order valence-corrected chi connectivity index (χ4v) is 11.0. The number of ether oxygens (including phenoxy) is 1. The van der Waals surface area contributed by atoms with Crippen LogP contribution in [0.1, 0.15) is 33.3 Å². The minimum Gasteiger partial charge on any atom is -0.238 e. The van der Waals surface area contributed by atoms with Gasteiger partial charge in [0.25, 0.3) is 0 Å². The van der Waals surface area contributed by atoms with E-state index in [9.17, 15) is 0 Å². The average Bonchev–Trinajstić information content (AvgIpc) is 4.02. The van der Waals surface area contributed by atoms with Crippen LogP contribution in [-0.4, -0.2) is 18.7 Å². The van der Waals surface area contributed by atoms with Gasteiger partial charge in [0.1, 0.15) is 0 Å². The summed E-state index contributed by atoms with van der Waals surface area (Å²) < 4.78 is 40.6. The van der Waals surface area contributed by atoms with Gasteiger partial charge in [-0.25, -0.2) is 4.98 Å². The summed E-state index contributed by atoms with van der Waals surface area (Å²) in [6, 6.07) is 69.0. The topological polar surface area (TPSA) is 36.9 Å². The van der Waals surface area contributed by atoms with Crippen LogP contribution in [-0.2, 0) is 25.8 Å². The van der Waals surface area contributed by atoms with Gasteiger partial charge in [-0.1, -0.05) is 48.5 Å². The van der Waals surface area contributed by atoms with Crippen molar-refractivity contribution in [3.8, 4) is 56.4 Å². The Morgan fingerprint density at radius 2 is 1.14 bits per heavy atom. The first-order valence-electron chi connectivity index (χ1n) is 23.1. The van der Waals surface area contributed by atoms with Crippen LogP contribution in [0.5, 0.6) is 11.5 Å². The molecule has 8 aromatic carbocycles. The number of hydrogen-bond acceptors (Lipinski definition) is 2. The van der Waals surface area contributed by atoms with Crippen molar-refractivity contribution in [2.45, 2.75) is 25.7 Å². The van der Waals surface area contributed by atoms with E-state index in [1.54, 1.807) is 12.3 Å². The van der Waals surface area contributed by atoms with E-state index in [0.717, 1.165) is 61.0 Å². The molecule has 3 aromatic heterocycles. The SMILES string of the molecule is [2H]C([2H])([2H])c1cc(-n2c3ccccc3c3ccc(Oc4ccc5c(c4)C(n4[c](=[Pt])n(-c6c(-c7ccccc7)cccc6-c6ccccc6)c6ccccc64)CC5)cc32)ncc1-c1ccccc1. The quantitative estimate of drug-likeness (QED) is 0.152. The zero-order valence-electron chi connectivity index (χ0n) is 37.6. The van der Waals surface area contributed by atoms with Crippen molar-refractivity contribution in [2.24, 2.45) is 0 Å². The summed E-state index contributed by atoms with van der Waals surface area (Å²) in [7, 11) is 0. The van der Waals surface area contributed by atoms with Crippen molar-refractivity contribution < 1.29 is 28.2 Å². The summed E-state index contributed by atoms with van der Waals surface area (Å²) in [5.74, 6) is 1.96. The molecular weight excluding hydrogens is 964 g/mol. The van der Waals surface area contributed by atoms with E-state index in [4.69, 9.17) is 13.8 Å². The molecule has 1 atom stereocenters. The molecule has 1 unspecified atom stereocenters. The molecule has 64 heavy (non-hydrogen) atoms. The van der Waals surface area contributed by atoms with Crippen molar-refractivity contribution in [2.75, 3.05) is 0 Å². The van der Waals surface area contributed by atoms with Gasteiger partial charge in [-0.05, 0) is 30.1 Å². The minimum atomic E-state index is -2.36. The molecule has 3 heterocycles. The van der Waals surface area contributed by atoms with Crippen molar-refractivity contribution >= 4 is 32.8 Å². The number of benzene rings is 8. The molecule has 310 valence electrons. The average molecular weight is 1010 g/mol. The van der Waals surface area contributed by atoms with Crippen molar-refractivity contribution in [1.82, 2.24) is 18.7 Å².